The first kappa shape index (κ1) is 10.4. The highest BCUT2D eigenvalue weighted by atomic mass is 15.1. The molecule has 1 aromatic heterocycles. The smallest absolute Gasteiger partial charge is 0.221 e. The highest BCUT2D eigenvalue weighted by molar-refractivity contribution is 6.00. The van der Waals surface area contributed by atoms with Gasteiger partial charge in [0.15, 0.2) is 0 Å². The summed E-state index contributed by atoms with van der Waals surface area (Å²) in [6.07, 6.45) is 1.56. The van der Waals surface area contributed by atoms with Crippen molar-refractivity contribution < 1.29 is 0 Å². The normalized spacial score (nSPS) is 10.3. The first-order valence-corrected chi connectivity index (χ1v) is 4.45. The van der Waals surface area contributed by atoms with Crippen molar-refractivity contribution in [3.63, 3.8) is 0 Å². The summed E-state index contributed by atoms with van der Waals surface area (Å²) in [7, 11) is 0. The van der Waals surface area contributed by atoms with Crippen LogP contribution in [0.2, 0.25) is 0 Å². The largest absolute Gasteiger partial charge is 0.368 e. The van der Waals surface area contributed by atoms with Gasteiger partial charge in [0.05, 0.1) is 5.56 Å². The van der Waals surface area contributed by atoms with E-state index in [0.29, 0.717) is 17.1 Å². The van der Waals surface area contributed by atoms with Crippen molar-refractivity contribution in [2.24, 2.45) is 0 Å². The van der Waals surface area contributed by atoms with Gasteiger partial charge in [-0.2, -0.15) is 4.98 Å². The number of nitrogens with one attached hydrogen (secondary N) is 2. The number of hydrogen-bond donors (Lipinski definition) is 3. The molecule has 0 spiro atoms. The molecular formula is C9H15N5. The maximum absolute atomic E-state index is 7.53. The minimum absolute atomic E-state index is 0.221. The van der Waals surface area contributed by atoms with E-state index < -0.39 is 0 Å². The molecule has 0 bridgehead atoms. The van der Waals surface area contributed by atoms with Gasteiger partial charge in [0.1, 0.15) is 5.82 Å². The second-order valence-corrected chi connectivity index (χ2v) is 3.41. The molecule has 1 rings (SSSR count). The van der Waals surface area contributed by atoms with Gasteiger partial charge in [-0.3, -0.25) is 0 Å². The predicted octanol–water partition coefficient (Wildman–Crippen LogP) is 1.27. The van der Waals surface area contributed by atoms with Crippen molar-refractivity contribution in [1.29, 1.82) is 5.41 Å². The molecule has 0 amide bonds. The summed E-state index contributed by atoms with van der Waals surface area (Å²) in [5.74, 6) is 0.846. The lowest BCUT2D eigenvalue weighted by Crippen LogP contribution is -2.15. The van der Waals surface area contributed by atoms with Crippen LogP contribution in [-0.4, -0.2) is 21.7 Å². The third kappa shape index (κ3) is 2.42. The molecule has 76 valence electrons. The van der Waals surface area contributed by atoms with Crippen molar-refractivity contribution in [2.75, 3.05) is 11.1 Å². The minimum atomic E-state index is 0.221. The molecule has 14 heavy (non-hydrogen) atoms. The highest BCUT2D eigenvalue weighted by Crippen LogP contribution is 2.13. The van der Waals surface area contributed by atoms with E-state index in [4.69, 9.17) is 11.1 Å². The van der Waals surface area contributed by atoms with Crippen LogP contribution in [0.1, 0.15) is 26.3 Å². The molecule has 1 aromatic rings. The Balaban J connectivity index is 3.09. The van der Waals surface area contributed by atoms with Gasteiger partial charge in [-0.1, -0.05) is 0 Å². The van der Waals surface area contributed by atoms with Crippen LogP contribution in [0.3, 0.4) is 0 Å². The van der Waals surface area contributed by atoms with Gasteiger partial charge in [-0.15, -0.1) is 0 Å². The topological polar surface area (TPSA) is 87.7 Å². The Morgan fingerprint density at radius 3 is 2.71 bits per heavy atom. The van der Waals surface area contributed by atoms with Crippen LogP contribution in [0.4, 0.5) is 11.8 Å². The van der Waals surface area contributed by atoms with Crippen molar-refractivity contribution >= 4 is 17.5 Å². The van der Waals surface area contributed by atoms with E-state index >= 15 is 0 Å². The number of hydrogen-bond acceptors (Lipinski definition) is 5. The monoisotopic (exact) mass is 193 g/mol. The summed E-state index contributed by atoms with van der Waals surface area (Å²) in [6.45, 7) is 5.70. The molecule has 0 fully saturated rings. The molecule has 0 aliphatic rings. The van der Waals surface area contributed by atoms with Crippen molar-refractivity contribution in [3.8, 4) is 0 Å². The van der Waals surface area contributed by atoms with Crippen LogP contribution < -0.4 is 11.1 Å². The van der Waals surface area contributed by atoms with Gasteiger partial charge < -0.3 is 16.5 Å². The van der Waals surface area contributed by atoms with E-state index in [1.165, 1.54) is 0 Å². The zero-order valence-corrected chi connectivity index (χ0v) is 8.63. The third-order valence-corrected chi connectivity index (χ3v) is 1.64. The number of rotatable bonds is 3. The zero-order chi connectivity index (χ0) is 10.7. The first-order valence-electron chi connectivity index (χ1n) is 4.45. The summed E-state index contributed by atoms with van der Waals surface area (Å²) < 4.78 is 0. The van der Waals surface area contributed by atoms with Gasteiger partial charge >= 0.3 is 0 Å². The molecule has 0 atom stereocenters. The number of nitrogen functional groups attached to an aromatic ring is 1. The molecule has 0 aliphatic heterocycles. The van der Waals surface area contributed by atoms with Crippen molar-refractivity contribution in [2.45, 2.75) is 26.8 Å². The first-order chi connectivity index (χ1) is 6.50. The van der Waals surface area contributed by atoms with E-state index in [2.05, 4.69) is 15.3 Å². The molecule has 1 heterocycles. The second-order valence-electron chi connectivity index (χ2n) is 3.41. The van der Waals surface area contributed by atoms with Gasteiger partial charge in [-0.05, 0) is 20.8 Å². The Labute approximate surface area is 83.3 Å². The standard InChI is InChI=1S/C9H15N5/c1-5(2)13-8-7(6(3)10)4-12-9(11)14-8/h4-5,10H,1-3H3,(H3,11,12,13,14). The van der Waals surface area contributed by atoms with E-state index in [1.807, 2.05) is 13.8 Å². The van der Waals surface area contributed by atoms with Crippen LogP contribution in [0.15, 0.2) is 6.20 Å². The average molecular weight is 193 g/mol. The molecule has 0 aliphatic carbocycles. The molecule has 4 N–H and O–H groups in total. The Hall–Kier alpha value is -1.65. The lowest BCUT2D eigenvalue weighted by molar-refractivity contribution is 0.886. The predicted molar refractivity (Wildman–Crippen MR) is 57.7 cm³/mol. The highest BCUT2D eigenvalue weighted by Gasteiger charge is 2.08. The number of nitrogens with zero attached hydrogens (tertiary/aromatic N) is 2. The fourth-order valence-corrected chi connectivity index (χ4v) is 1.05. The van der Waals surface area contributed by atoms with Gasteiger partial charge in [0, 0.05) is 18.0 Å². The molecule has 0 aromatic carbocycles. The number of aromatic nitrogens is 2. The molecule has 0 saturated heterocycles. The fraction of sp³-hybridized carbons (Fsp3) is 0.444. The Morgan fingerprint density at radius 2 is 2.21 bits per heavy atom. The van der Waals surface area contributed by atoms with Crippen LogP contribution in [-0.2, 0) is 0 Å². The molecule has 5 nitrogen and oxygen atoms in total. The van der Waals surface area contributed by atoms with Crippen LogP contribution in [0, 0.1) is 5.41 Å². The number of nitrogens with two attached hydrogens (primary N) is 1. The molecule has 5 heteroatoms. The number of anilines is 2. The van der Waals surface area contributed by atoms with E-state index in [1.54, 1.807) is 13.1 Å². The maximum atomic E-state index is 7.53. The summed E-state index contributed by atoms with van der Waals surface area (Å²) in [5.41, 5.74) is 6.58. The quantitative estimate of drug-likeness (QED) is 0.631. The van der Waals surface area contributed by atoms with Crippen molar-refractivity contribution in [1.82, 2.24) is 9.97 Å². The summed E-state index contributed by atoms with van der Waals surface area (Å²) in [5, 5.41) is 10.7. The molecule has 0 unspecified atom stereocenters. The molecular weight excluding hydrogens is 178 g/mol. The SMILES string of the molecule is CC(=N)c1cnc(N)nc1NC(C)C. The van der Waals surface area contributed by atoms with Crippen LogP contribution in [0.25, 0.3) is 0 Å². The second kappa shape index (κ2) is 4.04. The molecule has 0 radical (unpaired) electrons. The summed E-state index contributed by atoms with van der Waals surface area (Å²) in [6, 6.07) is 0.252. The Bertz CT molecular complexity index is 345. The van der Waals surface area contributed by atoms with Gasteiger partial charge in [0.2, 0.25) is 5.95 Å². The third-order valence-electron chi connectivity index (χ3n) is 1.64. The van der Waals surface area contributed by atoms with Crippen molar-refractivity contribution in [3.05, 3.63) is 11.8 Å². The van der Waals surface area contributed by atoms with Gasteiger partial charge in [0.25, 0.3) is 0 Å². The molecule has 0 saturated carbocycles. The van der Waals surface area contributed by atoms with E-state index in [9.17, 15) is 0 Å². The zero-order valence-electron chi connectivity index (χ0n) is 8.63. The van der Waals surface area contributed by atoms with E-state index in [0.717, 1.165) is 0 Å². The maximum Gasteiger partial charge on any atom is 0.221 e. The summed E-state index contributed by atoms with van der Waals surface area (Å²) in [4.78, 5) is 7.90. The van der Waals surface area contributed by atoms with Crippen LogP contribution in [0.5, 0.6) is 0 Å². The Kier molecular flexibility index (Phi) is 3.01. The van der Waals surface area contributed by atoms with Gasteiger partial charge in [-0.25, -0.2) is 4.98 Å². The Morgan fingerprint density at radius 1 is 1.57 bits per heavy atom. The average Bonchev–Trinajstić information content (AvgIpc) is 2.01. The van der Waals surface area contributed by atoms with Crippen LogP contribution >= 0.6 is 0 Å². The lowest BCUT2D eigenvalue weighted by Gasteiger charge is -2.12. The van der Waals surface area contributed by atoms with E-state index in [-0.39, 0.29) is 12.0 Å². The fourth-order valence-electron chi connectivity index (χ4n) is 1.05. The summed E-state index contributed by atoms with van der Waals surface area (Å²) >= 11 is 0. The lowest BCUT2D eigenvalue weighted by atomic mass is 10.2. The minimum Gasteiger partial charge on any atom is -0.368 e.